The molecule has 0 spiro atoms. The fraction of sp³-hybridized carbons (Fsp3) is 0.429. The van der Waals surface area contributed by atoms with Crippen LogP contribution in [0, 0.1) is 5.92 Å². The largest absolute Gasteiger partial charge is 0.384 e. The molecule has 2 atom stereocenters. The van der Waals surface area contributed by atoms with E-state index in [1.54, 1.807) is 7.11 Å². The Morgan fingerprint density at radius 3 is 2.53 bits per heavy atom. The molecule has 0 aliphatic rings. The van der Waals surface area contributed by atoms with Gasteiger partial charge in [-0.3, -0.25) is 0 Å². The summed E-state index contributed by atoms with van der Waals surface area (Å²) in [4.78, 5) is 0. The lowest BCUT2D eigenvalue weighted by Crippen LogP contribution is -2.15. The van der Waals surface area contributed by atoms with Crippen molar-refractivity contribution in [1.82, 2.24) is 0 Å². The topological polar surface area (TPSA) is 9.23 Å². The van der Waals surface area contributed by atoms with Gasteiger partial charge in [-0.15, -0.1) is 6.58 Å². The molecular weight excluding hydrogens is 184 g/mol. The summed E-state index contributed by atoms with van der Waals surface area (Å²) < 4.78 is 5.25. The predicted octanol–water partition coefficient (Wildman–Crippen LogP) is 3.63. The van der Waals surface area contributed by atoms with Gasteiger partial charge in [-0.1, -0.05) is 43.3 Å². The number of rotatable bonds is 6. The SMILES string of the molecule is C=CC[C@H](COC)[C@@H](C)c1ccccc1. The van der Waals surface area contributed by atoms with Crippen molar-refractivity contribution in [3.05, 3.63) is 48.6 Å². The van der Waals surface area contributed by atoms with E-state index in [4.69, 9.17) is 4.74 Å². The fourth-order valence-corrected chi connectivity index (χ4v) is 1.87. The Balaban J connectivity index is 2.71. The maximum absolute atomic E-state index is 5.25. The van der Waals surface area contributed by atoms with Crippen LogP contribution in [0.4, 0.5) is 0 Å². The predicted molar refractivity (Wildman–Crippen MR) is 65.0 cm³/mol. The monoisotopic (exact) mass is 204 g/mol. The van der Waals surface area contributed by atoms with Crippen molar-refractivity contribution in [2.45, 2.75) is 19.3 Å². The lowest BCUT2D eigenvalue weighted by atomic mass is 9.86. The molecule has 0 heterocycles. The van der Waals surface area contributed by atoms with E-state index in [1.165, 1.54) is 5.56 Å². The second kappa shape index (κ2) is 6.41. The highest BCUT2D eigenvalue weighted by molar-refractivity contribution is 5.19. The molecule has 1 nitrogen and oxygen atoms in total. The summed E-state index contributed by atoms with van der Waals surface area (Å²) in [6.45, 7) is 6.85. The molecule has 1 heteroatoms. The molecule has 0 saturated heterocycles. The van der Waals surface area contributed by atoms with Crippen molar-refractivity contribution in [1.29, 1.82) is 0 Å². The van der Waals surface area contributed by atoms with Crippen LogP contribution in [0.2, 0.25) is 0 Å². The van der Waals surface area contributed by atoms with Crippen LogP contribution in [0.25, 0.3) is 0 Å². The summed E-state index contributed by atoms with van der Waals surface area (Å²) in [6, 6.07) is 10.6. The molecule has 0 amide bonds. The van der Waals surface area contributed by atoms with E-state index < -0.39 is 0 Å². The first-order chi connectivity index (χ1) is 7.29. The van der Waals surface area contributed by atoms with Crippen LogP contribution in [0.15, 0.2) is 43.0 Å². The molecule has 0 aromatic heterocycles. The minimum Gasteiger partial charge on any atom is -0.384 e. The summed E-state index contributed by atoms with van der Waals surface area (Å²) in [7, 11) is 1.76. The molecule has 0 fully saturated rings. The van der Waals surface area contributed by atoms with Crippen LogP contribution in [-0.4, -0.2) is 13.7 Å². The van der Waals surface area contributed by atoms with Crippen molar-refractivity contribution >= 4 is 0 Å². The maximum atomic E-state index is 5.25. The first kappa shape index (κ1) is 12.0. The highest BCUT2D eigenvalue weighted by Crippen LogP contribution is 2.26. The molecule has 0 N–H and O–H groups in total. The number of hydrogen-bond donors (Lipinski definition) is 0. The first-order valence-electron chi connectivity index (χ1n) is 5.44. The number of benzene rings is 1. The average molecular weight is 204 g/mol. The number of ether oxygens (including phenoxy) is 1. The fourth-order valence-electron chi connectivity index (χ4n) is 1.87. The third-order valence-electron chi connectivity index (χ3n) is 2.88. The second-order valence-corrected chi connectivity index (χ2v) is 3.94. The van der Waals surface area contributed by atoms with Crippen LogP contribution < -0.4 is 0 Å². The maximum Gasteiger partial charge on any atom is 0.0499 e. The van der Waals surface area contributed by atoms with Gasteiger partial charge in [0.15, 0.2) is 0 Å². The third-order valence-corrected chi connectivity index (χ3v) is 2.88. The third kappa shape index (κ3) is 3.52. The van der Waals surface area contributed by atoms with Gasteiger partial charge in [0, 0.05) is 13.7 Å². The highest BCUT2D eigenvalue weighted by Gasteiger charge is 2.17. The smallest absolute Gasteiger partial charge is 0.0499 e. The standard InChI is InChI=1S/C14H20O/c1-4-8-14(11-15-3)12(2)13-9-6-5-7-10-13/h4-7,9-10,12,14H,1,8,11H2,2-3H3/t12-,14+/m0/s1. The van der Waals surface area contributed by atoms with Gasteiger partial charge in [0.25, 0.3) is 0 Å². The molecule has 15 heavy (non-hydrogen) atoms. The zero-order chi connectivity index (χ0) is 11.1. The van der Waals surface area contributed by atoms with Crippen LogP contribution >= 0.6 is 0 Å². The molecule has 1 rings (SSSR count). The van der Waals surface area contributed by atoms with Crippen molar-refractivity contribution in [3.63, 3.8) is 0 Å². The quantitative estimate of drug-likeness (QED) is 0.643. The van der Waals surface area contributed by atoms with Crippen molar-refractivity contribution < 1.29 is 4.74 Å². The molecule has 0 unspecified atom stereocenters. The highest BCUT2D eigenvalue weighted by atomic mass is 16.5. The van der Waals surface area contributed by atoms with Crippen LogP contribution in [0.5, 0.6) is 0 Å². The number of allylic oxidation sites excluding steroid dienone is 1. The van der Waals surface area contributed by atoms with E-state index in [2.05, 4.69) is 43.8 Å². The van der Waals surface area contributed by atoms with Crippen LogP contribution in [-0.2, 0) is 4.74 Å². The van der Waals surface area contributed by atoms with E-state index in [1.807, 2.05) is 6.08 Å². The normalized spacial score (nSPS) is 14.5. The van der Waals surface area contributed by atoms with Gasteiger partial charge >= 0.3 is 0 Å². The van der Waals surface area contributed by atoms with Crippen LogP contribution in [0.1, 0.15) is 24.8 Å². The Morgan fingerprint density at radius 2 is 2.00 bits per heavy atom. The Labute approximate surface area is 92.8 Å². The molecule has 82 valence electrons. The van der Waals surface area contributed by atoms with Crippen LogP contribution in [0.3, 0.4) is 0 Å². The second-order valence-electron chi connectivity index (χ2n) is 3.94. The molecule has 0 bridgehead atoms. The Bertz CT molecular complexity index is 279. The van der Waals surface area contributed by atoms with Gasteiger partial charge in [0.2, 0.25) is 0 Å². The summed E-state index contributed by atoms with van der Waals surface area (Å²) in [6.07, 6.45) is 2.98. The molecule has 0 radical (unpaired) electrons. The van der Waals surface area contributed by atoms with Gasteiger partial charge in [0.05, 0.1) is 0 Å². The summed E-state index contributed by atoms with van der Waals surface area (Å²) in [5.74, 6) is 1.04. The van der Waals surface area contributed by atoms with E-state index in [9.17, 15) is 0 Å². The van der Waals surface area contributed by atoms with Crippen molar-refractivity contribution in [3.8, 4) is 0 Å². The van der Waals surface area contributed by atoms with Gasteiger partial charge in [0.1, 0.15) is 0 Å². The molecule has 0 aliphatic carbocycles. The average Bonchev–Trinajstić information content (AvgIpc) is 2.29. The van der Waals surface area contributed by atoms with Gasteiger partial charge in [-0.25, -0.2) is 0 Å². The zero-order valence-electron chi connectivity index (χ0n) is 9.65. The van der Waals surface area contributed by atoms with E-state index in [0.29, 0.717) is 11.8 Å². The van der Waals surface area contributed by atoms with E-state index in [0.717, 1.165) is 13.0 Å². The summed E-state index contributed by atoms with van der Waals surface area (Å²) in [5, 5.41) is 0. The van der Waals surface area contributed by atoms with Crippen molar-refractivity contribution in [2.75, 3.05) is 13.7 Å². The lowest BCUT2D eigenvalue weighted by Gasteiger charge is -2.22. The molecule has 0 aliphatic heterocycles. The lowest BCUT2D eigenvalue weighted by molar-refractivity contribution is 0.142. The van der Waals surface area contributed by atoms with Crippen molar-refractivity contribution in [2.24, 2.45) is 5.92 Å². The Morgan fingerprint density at radius 1 is 1.33 bits per heavy atom. The van der Waals surface area contributed by atoms with E-state index >= 15 is 0 Å². The Hall–Kier alpha value is -1.08. The first-order valence-corrected chi connectivity index (χ1v) is 5.44. The molecule has 1 aromatic carbocycles. The van der Waals surface area contributed by atoms with E-state index in [-0.39, 0.29) is 0 Å². The molecule has 1 aromatic rings. The number of hydrogen-bond acceptors (Lipinski definition) is 1. The van der Waals surface area contributed by atoms with Gasteiger partial charge < -0.3 is 4.74 Å². The molecule has 0 saturated carbocycles. The zero-order valence-corrected chi connectivity index (χ0v) is 9.65. The summed E-state index contributed by atoms with van der Waals surface area (Å²) >= 11 is 0. The van der Waals surface area contributed by atoms with Gasteiger partial charge in [-0.2, -0.15) is 0 Å². The minimum atomic E-state index is 0.518. The molecular formula is C14H20O. The Kier molecular flexibility index (Phi) is 5.13. The number of methoxy groups -OCH3 is 1. The minimum absolute atomic E-state index is 0.518. The van der Waals surface area contributed by atoms with Gasteiger partial charge in [-0.05, 0) is 23.8 Å². The summed E-state index contributed by atoms with van der Waals surface area (Å²) in [5.41, 5.74) is 1.38.